The minimum Gasteiger partial charge on any atom is -0.497 e. The molecule has 0 aromatic heterocycles. The van der Waals surface area contributed by atoms with Crippen molar-refractivity contribution in [1.82, 2.24) is 0 Å². The van der Waals surface area contributed by atoms with E-state index >= 15 is 0 Å². The first kappa shape index (κ1) is 17.0. The van der Waals surface area contributed by atoms with Crippen LogP contribution >= 0.6 is 11.8 Å². The Morgan fingerprint density at radius 3 is 2.45 bits per heavy atom. The zero-order valence-corrected chi connectivity index (χ0v) is 13.6. The molecule has 1 rings (SSSR count). The minimum atomic E-state index is -1.12. The molecule has 1 aromatic carbocycles. The van der Waals surface area contributed by atoms with Crippen molar-refractivity contribution in [2.75, 3.05) is 25.7 Å². The molecule has 0 fully saturated rings. The number of carbonyl (C=O) groups excluding carboxylic acids is 1. The van der Waals surface area contributed by atoms with Crippen LogP contribution in [-0.4, -0.2) is 35.9 Å². The quantitative estimate of drug-likeness (QED) is 0.690. The number of methoxy groups -OCH3 is 2. The van der Waals surface area contributed by atoms with Gasteiger partial charge >= 0.3 is 5.97 Å². The van der Waals surface area contributed by atoms with Gasteiger partial charge in [-0.15, -0.1) is 11.8 Å². The lowest BCUT2D eigenvalue weighted by atomic mass is 10.2. The van der Waals surface area contributed by atoms with Crippen LogP contribution in [0, 0.1) is 0 Å². The van der Waals surface area contributed by atoms with Crippen LogP contribution in [0.1, 0.15) is 23.5 Å². The number of esters is 1. The summed E-state index contributed by atoms with van der Waals surface area (Å²) in [6.45, 7) is 2.03. The fourth-order valence-corrected chi connectivity index (χ4v) is 4.63. The highest BCUT2D eigenvalue weighted by atomic mass is 32.2. The molecule has 0 spiro atoms. The lowest BCUT2D eigenvalue weighted by Crippen LogP contribution is -2.12. The summed E-state index contributed by atoms with van der Waals surface area (Å²) in [7, 11) is 1.84. The summed E-state index contributed by atoms with van der Waals surface area (Å²) in [5, 5.41) is 0. The van der Waals surface area contributed by atoms with Crippen molar-refractivity contribution in [2.45, 2.75) is 17.9 Å². The third-order valence-electron chi connectivity index (χ3n) is 2.68. The molecule has 0 aliphatic rings. The first-order valence-electron chi connectivity index (χ1n) is 6.31. The zero-order chi connectivity index (χ0) is 15.0. The van der Waals surface area contributed by atoms with E-state index in [1.165, 1.54) is 7.11 Å². The number of carbonyl (C=O) groups is 1. The van der Waals surface area contributed by atoms with Crippen LogP contribution in [0.25, 0.3) is 0 Å². The monoisotopic (exact) mass is 316 g/mol. The van der Waals surface area contributed by atoms with Crippen molar-refractivity contribution < 1.29 is 18.5 Å². The van der Waals surface area contributed by atoms with E-state index in [-0.39, 0.29) is 17.0 Å². The lowest BCUT2D eigenvalue weighted by Gasteiger charge is -2.16. The molecule has 6 heteroatoms. The van der Waals surface area contributed by atoms with Crippen molar-refractivity contribution in [3.8, 4) is 5.75 Å². The predicted molar refractivity (Wildman–Crippen MR) is 83.5 cm³/mol. The molecule has 2 unspecified atom stereocenters. The Balaban J connectivity index is 2.75. The SMILES string of the molecule is CCSC(c1ccc(OC)cc1)S(=O)CCC(=O)OC. The molecular weight excluding hydrogens is 296 g/mol. The van der Waals surface area contributed by atoms with Crippen LogP contribution in [0.3, 0.4) is 0 Å². The summed E-state index contributed by atoms with van der Waals surface area (Å²) in [4.78, 5) is 11.1. The second-order valence-corrected chi connectivity index (χ2v) is 7.29. The van der Waals surface area contributed by atoms with Gasteiger partial charge in [-0.05, 0) is 23.4 Å². The molecule has 0 bridgehead atoms. The Morgan fingerprint density at radius 2 is 1.95 bits per heavy atom. The Bertz CT molecular complexity index is 445. The van der Waals surface area contributed by atoms with Crippen LogP contribution < -0.4 is 4.74 Å². The predicted octanol–water partition coefficient (Wildman–Crippen LogP) is 2.76. The van der Waals surface area contributed by atoms with Crippen molar-refractivity contribution in [3.63, 3.8) is 0 Å². The van der Waals surface area contributed by atoms with Gasteiger partial charge in [0.05, 0.1) is 20.6 Å². The third-order valence-corrected chi connectivity index (χ3v) is 6.00. The van der Waals surface area contributed by atoms with Crippen LogP contribution in [0.5, 0.6) is 5.75 Å². The number of ether oxygens (including phenoxy) is 2. The molecule has 4 nitrogen and oxygen atoms in total. The number of rotatable bonds is 8. The summed E-state index contributed by atoms with van der Waals surface area (Å²) in [6, 6.07) is 7.55. The smallest absolute Gasteiger partial charge is 0.306 e. The molecule has 0 radical (unpaired) electrons. The normalized spacial score (nSPS) is 13.6. The highest BCUT2D eigenvalue weighted by Gasteiger charge is 2.20. The number of hydrogen-bond acceptors (Lipinski definition) is 5. The topological polar surface area (TPSA) is 52.6 Å². The van der Waals surface area contributed by atoms with Crippen LogP contribution in [-0.2, 0) is 20.3 Å². The second-order valence-electron chi connectivity index (χ2n) is 3.97. The van der Waals surface area contributed by atoms with Gasteiger partial charge in [-0.25, -0.2) is 0 Å². The van der Waals surface area contributed by atoms with Gasteiger partial charge in [0.2, 0.25) is 0 Å². The minimum absolute atomic E-state index is 0.129. The second kappa shape index (κ2) is 9.02. The van der Waals surface area contributed by atoms with E-state index in [1.54, 1.807) is 18.9 Å². The summed E-state index contributed by atoms with van der Waals surface area (Å²) in [5.41, 5.74) is 0.987. The Hall–Kier alpha value is -1.01. The summed E-state index contributed by atoms with van der Waals surface area (Å²) in [6.07, 6.45) is 0.181. The third kappa shape index (κ3) is 5.17. The van der Waals surface area contributed by atoms with E-state index in [1.807, 2.05) is 31.2 Å². The maximum atomic E-state index is 12.4. The van der Waals surface area contributed by atoms with Crippen LogP contribution in [0.2, 0.25) is 0 Å². The average Bonchev–Trinajstić information content (AvgIpc) is 2.50. The lowest BCUT2D eigenvalue weighted by molar-refractivity contribution is -0.140. The fourth-order valence-electron chi connectivity index (χ4n) is 1.63. The molecule has 0 N–H and O–H groups in total. The van der Waals surface area contributed by atoms with E-state index in [9.17, 15) is 9.00 Å². The van der Waals surface area contributed by atoms with Gasteiger partial charge in [0.25, 0.3) is 0 Å². The molecule has 1 aromatic rings. The number of hydrogen-bond donors (Lipinski definition) is 0. The van der Waals surface area contributed by atoms with Gasteiger partial charge in [0.1, 0.15) is 10.3 Å². The highest BCUT2D eigenvalue weighted by molar-refractivity contribution is 8.10. The van der Waals surface area contributed by atoms with E-state index < -0.39 is 10.8 Å². The molecule has 2 atom stereocenters. The Morgan fingerprint density at radius 1 is 1.30 bits per heavy atom. The summed E-state index contributed by atoms with van der Waals surface area (Å²) in [5.74, 6) is 1.62. The van der Waals surface area contributed by atoms with Gasteiger partial charge in [-0.3, -0.25) is 9.00 Å². The Labute approximate surface area is 126 Å². The van der Waals surface area contributed by atoms with Gasteiger partial charge in [-0.2, -0.15) is 0 Å². The molecule has 0 saturated heterocycles. The van der Waals surface area contributed by atoms with E-state index in [0.29, 0.717) is 5.75 Å². The zero-order valence-electron chi connectivity index (χ0n) is 12.0. The average molecular weight is 316 g/mol. The van der Waals surface area contributed by atoms with Crippen molar-refractivity contribution in [1.29, 1.82) is 0 Å². The molecule has 0 amide bonds. The molecule has 0 saturated carbocycles. The fraction of sp³-hybridized carbons (Fsp3) is 0.500. The van der Waals surface area contributed by atoms with Crippen molar-refractivity contribution in [3.05, 3.63) is 29.8 Å². The largest absolute Gasteiger partial charge is 0.497 e. The van der Waals surface area contributed by atoms with Gasteiger partial charge in [0, 0.05) is 16.6 Å². The van der Waals surface area contributed by atoms with Crippen LogP contribution in [0.15, 0.2) is 24.3 Å². The molecule has 0 heterocycles. The van der Waals surface area contributed by atoms with Gasteiger partial charge < -0.3 is 9.47 Å². The molecule has 0 aliphatic carbocycles. The maximum Gasteiger partial charge on any atom is 0.306 e. The first-order valence-corrected chi connectivity index (χ1v) is 8.75. The number of benzene rings is 1. The molecular formula is C14H20O4S2. The van der Waals surface area contributed by atoms with Gasteiger partial charge in [-0.1, -0.05) is 19.1 Å². The maximum absolute atomic E-state index is 12.4. The highest BCUT2D eigenvalue weighted by Crippen LogP contribution is 2.33. The molecule has 112 valence electrons. The summed E-state index contributed by atoms with van der Waals surface area (Å²) >= 11 is 1.62. The Kier molecular flexibility index (Phi) is 7.69. The standard InChI is InChI=1S/C14H20O4S2/c1-4-19-14(20(16)10-9-13(15)18-3)11-5-7-12(17-2)8-6-11/h5-8,14H,4,9-10H2,1-3H3. The van der Waals surface area contributed by atoms with Crippen LogP contribution in [0.4, 0.5) is 0 Å². The van der Waals surface area contributed by atoms with Crippen molar-refractivity contribution >= 4 is 28.5 Å². The molecule has 0 aliphatic heterocycles. The van der Waals surface area contributed by atoms with E-state index in [2.05, 4.69) is 4.74 Å². The summed E-state index contributed by atoms with van der Waals surface area (Å²) < 4.78 is 21.9. The number of thioether (sulfide) groups is 1. The van der Waals surface area contributed by atoms with Gasteiger partial charge in [0.15, 0.2) is 0 Å². The van der Waals surface area contributed by atoms with E-state index in [0.717, 1.165) is 17.1 Å². The van der Waals surface area contributed by atoms with E-state index in [4.69, 9.17) is 4.74 Å². The van der Waals surface area contributed by atoms with Crippen molar-refractivity contribution in [2.24, 2.45) is 0 Å². The first-order chi connectivity index (χ1) is 9.62. The molecule has 20 heavy (non-hydrogen) atoms.